The van der Waals surface area contributed by atoms with Crippen LogP contribution in [-0.4, -0.2) is 32.6 Å². The van der Waals surface area contributed by atoms with E-state index in [1.165, 1.54) is 0 Å². The number of aryl methyl sites for hydroxylation is 1. The molecular weight excluding hydrogens is 350 g/mol. The van der Waals surface area contributed by atoms with E-state index in [2.05, 4.69) is 20.6 Å². The van der Waals surface area contributed by atoms with Crippen LogP contribution in [0.4, 0.5) is 0 Å². The van der Waals surface area contributed by atoms with Crippen molar-refractivity contribution in [3.8, 4) is 23.0 Å². The number of benzene rings is 1. The van der Waals surface area contributed by atoms with Gasteiger partial charge in [0, 0.05) is 12.1 Å². The fourth-order valence-electron chi connectivity index (χ4n) is 3.34. The summed E-state index contributed by atoms with van der Waals surface area (Å²) in [4.78, 5) is 16.8. The molecule has 9 nitrogen and oxygen atoms in total. The van der Waals surface area contributed by atoms with E-state index >= 15 is 0 Å². The molecule has 4 heterocycles. The second kappa shape index (κ2) is 6.42. The first-order valence-electron chi connectivity index (χ1n) is 8.83. The molecule has 0 spiro atoms. The second-order valence-corrected chi connectivity index (χ2v) is 6.45. The minimum Gasteiger partial charge on any atom is -0.454 e. The summed E-state index contributed by atoms with van der Waals surface area (Å²) in [5, 5.41) is 11.1. The highest BCUT2D eigenvalue weighted by Gasteiger charge is 2.21. The van der Waals surface area contributed by atoms with Crippen molar-refractivity contribution in [1.29, 1.82) is 0 Å². The lowest BCUT2D eigenvalue weighted by molar-refractivity contribution is 0.0948. The van der Waals surface area contributed by atoms with Crippen molar-refractivity contribution in [1.82, 2.24) is 25.2 Å². The molecule has 2 aliphatic heterocycles. The molecule has 0 radical (unpaired) electrons. The lowest BCUT2D eigenvalue weighted by Crippen LogP contribution is -2.25. The normalized spacial score (nSPS) is 14.8. The van der Waals surface area contributed by atoms with Crippen LogP contribution in [0.5, 0.6) is 11.5 Å². The first-order valence-corrected chi connectivity index (χ1v) is 8.83. The van der Waals surface area contributed by atoms with Gasteiger partial charge in [0.25, 0.3) is 11.8 Å². The Hall–Kier alpha value is -3.36. The number of fused-ring (bicyclic) bond motifs is 2. The van der Waals surface area contributed by atoms with E-state index in [4.69, 9.17) is 14.0 Å². The molecule has 0 saturated heterocycles. The fourth-order valence-corrected chi connectivity index (χ4v) is 3.34. The van der Waals surface area contributed by atoms with Crippen LogP contribution in [0, 0.1) is 0 Å². The number of nitrogens with zero attached hydrogens (tertiary/aromatic N) is 4. The average Bonchev–Trinajstić information content (AvgIpc) is 3.44. The maximum absolute atomic E-state index is 12.5. The van der Waals surface area contributed by atoms with Crippen molar-refractivity contribution in [2.75, 3.05) is 6.79 Å². The summed E-state index contributed by atoms with van der Waals surface area (Å²) in [6.07, 6.45) is 4.68. The first-order chi connectivity index (χ1) is 13.3. The summed E-state index contributed by atoms with van der Waals surface area (Å²) in [5.41, 5.74) is 2.34. The molecule has 2 aliphatic rings. The minimum atomic E-state index is -0.174. The Balaban J connectivity index is 1.27. The van der Waals surface area contributed by atoms with Gasteiger partial charge < -0.3 is 19.3 Å². The molecule has 5 rings (SSSR count). The molecule has 1 aromatic carbocycles. The second-order valence-electron chi connectivity index (χ2n) is 6.45. The number of aromatic nitrogens is 4. The zero-order valence-electron chi connectivity index (χ0n) is 14.5. The first kappa shape index (κ1) is 15.9. The predicted molar refractivity (Wildman–Crippen MR) is 92.2 cm³/mol. The summed E-state index contributed by atoms with van der Waals surface area (Å²) in [6.45, 7) is 1.25. The van der Waals surface area contributed by atoms with E-state index in [0.717, 1.165) is 37.1 Å². The molecule has 0 aliphatic carbocycles. The van der Waals surface area contributed by atoms with Crippen LogP contribution in [0.15, 0.2) is 28.9 Å². The Morgan fingerprint density at radius 3 is 3.11 bits per heavy atom. The Bertz CT molecular complexity index is 1010. The molecular formula is C18H17N5O4. The van der Waals surface area contributed by atoms with E-state index in [-0.39, 0.29) is 19.2 Å². The summed E-state index contributed by atoms with van der Waals surface area (Å²) < 4.78 is 17.9. The third kappa shape index (κ3) is 2.90. The number of rotatable bonds is 4. The van der Waals surface area contributed by atoms with Crippen molar-refractivity contribution in [2.24, 2.45) is 0 Å². The highest BCUT2D eigenvalue weighted by Crippen LogP contribution is 2.35. The van der Waals surface area contributed by atoms with Crippen LogP contribution in [0.1, 0.15) is 34.7 Å². The van der Waals surface area contributed by atoms with Gasteiger partial charge in [-0.1, -0.05) is 5.16 Å². The zero-order valence-corrected chi connectivity index (χ0v) is 14.5. The number of carbonyl (C=O) groups excluding carboxylic acids is 1. The third-order valence-corrected chi connectivity index (χ3v) is 4.72. The molecule has 0 unspecified atom stereocenters. The molecule has 2 aromatic heterocycles. The van der Waals surface area contributed by atoms with Gasteiger partial charge in [-0.05, 0) is 37.5 Å². The number of carbonyl (C=O) groups is 1. The number of ether oxygens (including phenoxy) is 2. The maximum atomic E-state index is 12.5. The van der Waals surface area contributed by atoms with E-state index < -0.39 is 0 Å². The Labute approximate surface area is 154 Å². The van der Waals surface area contributed by atoms with Crippen molar-refractivity contribution in [2.45, 2.75) is 32.4 Å². The molecule has 3 aromatic rings. The van der Waals surface area contributed by atoms with Gasteiger partial charge in [-0.25, -0.2) is 0 Å². The highest BCUT2D eigenvalue weighted by atomic mass is 16.7. The van der Waals surface area contributed by atoms with Gasteiger partial charge in [0.05, 0.1) is 24.0 Å². The predicted octanol–water partition coefficient (Wildman–Crippen LogP) is 1.93. The quantitative estimate of drug-likeness (QED) is 0.751. The standard InChI is InChI=1S/C18H17N5O4/c24-17(12-8-20-23-6-2-1-3-13(12)23)19-9-16-21-18(27-22-16)11-4-5-14-15(7-11)26-10-25-14/h4-5,7-8H,1-3,6,9-10H2,(H,19,24). The van der Waals surface area contributed by atoms with Crippen LogP contribution in [0.2, 0.25) is 0 Å². The summed E-state index contributed by atoms with van der Waals surface area (Å²) in [7, 11) is 0. The van der Waals surface area contributed by atoms with Crippen molar-refractivity contribution in [3.05, 3.63) is 41.5 Å². The molecule has 0 saturated carbocycles. The number of hydrogen-bond acceptors (Lipinski definition) is 7. The Morgan fingerprint density at radius 1 is 1.22 bits per heavy atom. The monoisotopic (exact) mass is 367 g/mol. The summed E-state index contributed by atoms with van der Waals surface area (Å²) >= 11 is 0. The molecule has 9 heteroatoms. The summed E-state index contributed by atoms with van der Waals surface area (Å²) in [6, 6.07) is 5.41. The Kier molecular flexibility index (Phi) is 3.77. The van der Waals surface area contributed by atoms with Gasteiger partial charge in [-0.15, -0.1) is 0 Å². The van der Waals surface area contributed by atoms with Crippen LogP contribution >= 0.6 is 0 Å². The van der Waals surface area contributed by atoms with E-state index in [9.17, 15) is 4.79 Å². The van der Waals surface area contributed by atoms with Crippen LogP contribution in [-0.2, 0) is 19.5 Å². The highest BCUT2D eigenvalue weighted by molar-refractivity contribution is 5.95. The largest absolute Gasteiger partial charge is 0.454 e. The number of amides is 1. The van der Waals surface area contributed by atoms with Crippen LogP contribution in [0.3, 0.4) is 0 Å². The van der Waals surface area contributed by atoms with Crippen molar-refractivity contribution >= 4 is 5.91 Å². The number of nitrogens with one attached hydrogen (secondary N) is 1. The van der Waals surface area contributed by atoms with Crippen LogP contribution < -0.4 is 14.8 Å². The van der Waals surface area contributed by atoms with Crippen molar-refractivity contribution < 1.29 is 18.8 Å². The Morgan fingerprint density at radius 2 is 2.15 bits per heavy atom. The summed E-state index contributed by atoms with van der Waals surface area (Å²) in [5.74, 6) is 1.92. The average molecular weight is 367 g/mol. The SMILES string of the molecule is O=C(NCc1noc(-c2ccc3c(c2)OCO3)n1)c1cnn2c1CCCC2. The molecule has 0 bridgehead atoms. The van der Waals surface area contributed by atoms with E-state index in [0.29, 0.717) is 28.8 Å². The smallest absolute Gasteiger partial charge is 0.258 e. The van der Waals surface area contributed by atoms with Crippen molar-refractivity contribution in [3.63, 3.8) is 0 Å². The molecule has 1 N–H and O–H groups in total. The number of hydrogen-bond donors (Lipinski definition) is 1. The van der Waals surface area contributed by atoms with E-state index in [1.54, 1.807) is 18.3 Å². The lowest BCUT2D eigenvalue weighted by Gasteiger charge is -2.14. The molecule has 0 atom stereocenters. The van der Waals surface area contributed by atoms with Gasteiger partial charge in [-0.3, -0.25) is 9.48 Å². The van der Waals surface area contributed by atoms with Crippen LogP contribution in [0.25, 0.3) is 11.5 Å². The maximum Gasteiger partial charge on any atom is 0.258 e. The van der Waals surface area contributed by atoms with Gasteiger partial charge in [0.15, 0.2) is 17.3 Å². The minimum absolute atomic E-state index is 0.174. The van der Waals surface area contributed by atoms with Gasteiger partial charge in [-0.2, -0.15) is 10.1 Å². The molecule has 27 heavy (non-hydrogen) atoms. The lowest BCUT2D eigenvalue weighted by atomic mass is 10.1. The third-order valence-electron chi connectivity index (χ3n) is 4.72. The zero-order chi connectivity index (χ0) is 18.2. The molecule has 1 amide bonds. The van der Waals surface area contributed by atoms with Gasteiger partial charge in [0.2, 0.25) is 6.79 Å². The van der Waals surface area contributed by atoms with Gasteiger partial charge >= 0.3 is 0 Å². The van der Waals surface area contributed by atoms with Gasteiger partial charge in [0.1, 0.15) is 0 Å². The topological polar surface area (TPSA) is 104 Å². The fraction of sp³-hybridized carbons (Fsp3) is 0.333. The van der Waals surface area contributed by atoms with E-state index in [1.807, 2.05) is 10.7 Å². The molecule has 138 valence electrons. The molecule has 0 fully saturated rings.